The molecule has 0 saturated carbocycles. The first-order chi connectivity index (χ1) is 26.3. The first kappa shape index (κ1) is 29.6. The molecule has 0 N–H and O–H groups in total. The summed E-state index contributed by atoms with van der Waals surface area (Å²) in [7, 11) is 0. The number of furan rings is 1. The monoisotopic (exact) mass is 676 g/mol. The van der Waals surface area contributed by atoms with Gasteiger partial charge in [-0.15, -0.1) is 0 Å². The molecule has 3 heterocycles. The Hall–Kier alpha value is -7.10. The highest BCUT2D eigenvalue weighted by Gasteiger charge is 2.21. The lowest BCUT2D eigenvalue weighted by Crippen LogP contribution is -1.96. The van der Waals surface area contributed by atoms with Gasteiger partial charge in [-0.1, -0.05) is 133 Å². The lowest BCUT2D eigenvalue weighted by molar-refractivity contribution is 0.645. The van der Waals surface area contributed by atoms with Crippen molar-refractivity contribution in [2.24, 2.45) is 0 Å². The Labute approximate surface area is 306 Å². The average Bonchev–Trinajstić information content (AvgIpc) is 3.88. The molecule has 0 aliphatic rings. The van der Waals surface area contributed by atoms with Crippen LogP contribution in [0.1, 0.15) is 0 Å². The van der Waals surface area contributed by atoms with Crippen LogP contribution in [0.5, 0.6) is 0 Å². The summed E-state index contributed by atoms with van der Waals surface area (Å²) in [6.07, 6.45) is 0. The largest absolute Gasteiger partial charge is 0.439 e. The van der Waals surface area contributed by atoms with Gasteiger partial charge in [-0.05, 0) is 94.0 Å². The fourth-order valence-electron chi connectivity index (χ4n) is 8.27. The Kier molecular flexibility index (Phi) is 6.55. The number of nitrogens with zero attached hydrogens (tertiary/aromatic N) is 2. The molecule has 11 rings (SSSR count). The minimum atomic E-state index is 0.851. The van der Waals surface area contributed by atoms with Gasteiger partial charge in [0, 0.05) is 27.2 Å². The first-order valence-electron chi connectivity index (χ1n) is 18.1. The van der Waals surface area contributed by atoms with E-state index >= 15 is 0 Å². The summed E-state index contributed by atoms with van der Waals surface area (Å²) >= 11 is 0. The molecule has 0 radical (unpaired) electrons. The summed E-state index contributed by atoms with van der Waals surface area (Å²) in [5, 5.41) is 5.95. The van der Waals surface area contributed by atoms with Crippen molar-refractivity contribution in [2.75, 3.05) is 0 Å². The van der Waals surface area contributed by atoms with Crippen molar-refractivity contribution in [3.05, 3.63) is 194 Å². The second kappa shape index (κ2) is 11.7. The Bertz CT molecular complexity index is 3030. The highest BCUT2D eigenvalue weighted by atomic mass is 16.3. The van der Waals surface area contributed by atoms with Crippen molar-refractivity contribution in [3.8, 4) is 44.8 Å². The van der Waals surface area contributed by atoms with Gasteiger partial charge < -0.3 is 8.98 Å². The molecule has 0 bridgehead atoms. The van der Waals surface area contributed by atoms with Crippen LogP contribution in [0, 0.1) is 0 Å². The fourth-order valence-corrected chi connectivity index (χ4v) is 8.27. The van der Waals surface area contributed by atoms with Gasteiger partial charge in [0.1, 0.15) is 5.58 Å². The number of hydrogen-bond acceptors (Lipinski definition) is 1. The second-order valence-electron chi connectivity index (χ2n) is 13.8. The van der Waals surface area contributed by atoms with Crippen molar-refractivity contribution in [3.63, 3.8) is 0 Å². The van der Waals surface area contributed by atoms with E-state index in [-0.39, 0.29) is 0 Å². The van der Waals surface area contributed by atoms with Crippen LogP contribution in [-0.2, 0) is 0 Å². The van der Waals surface area contributed by atoms with E-state index < -0.39 is 0 Å². The maximum Gasteiger partial charge on any atom is 0.213 e. The number of hydrogen-bond donors (Lipinski definition) is 0. The lowest BCUT2D eigenvalue weighted by Gasteiger charge is -2.13. The highest BCUT2D eigenvalue weighted by Crippen LogP contribution is 2.42. The molecule has 8 aromatic carbocycles. The van der Waals surface area contributed by atoms with Crippen molar-refractivity contribution < 1.29 is 4.42 Å². The second-order valence-corrected chi connectivity index (χ2v) is 13.8. The van der Waals surface area contributed by atoms with Gasteiger partial charge in [0.15, 0.2) is 0 Å². The molecule has 3 aromatic heterocycles. The van der Waals surface area contributed by atoms with Crippen molar-refractivity contribution in [1.29, 1.82) is 0 Å². The number of benzene rings is 8. The molecule has 11 aromatic rings. The molecule has 0 saturated heterocycles. The van der Waals surface area contributed by atoms with Crippen LogP contribution in [0.2, 0.25) is 0 Å². The zero-order valence-electron chi connectivity index (χ0n) is 28.8. The standard InChI is InChI=1S/C50H32N2O/c1-3-13-33(14-4-1)37-29-38(34-15-5-2-6-16-34)31-40(30-37)52-47-28-25-36(32-44(47)49-43-19-9-12-22-48(43)53-50(49)52)35-23-26-39(27-24-35)51-45-20-10-7-17-41(45)42-18-8-11-21-46(42)51/h1-32H. The molecule has 0 spiro atoms. The van der Waals surface area contributed by atoms with E-state index in [1.165, 1.54) is 49.4 Å². The predicted molar refractivity (Wildman–Crippen MR) is 221 cm³/mol. The van der Waals surface area contributed by atoms with Crippen LogP contribution in [0.25, 0.3) is 99.5 Å². The molecule has 0 aliphatic heterocycles. The van der Waals surface area contributed by atoms with Gasteiger partial charge in [-0.25, -0.2) is 0 Å². The molecule has 248 valence electrons. The Balaban J connectivity index is 1.10. The van der Waals surface area contributed by atoms with Crippen LogP contribution < -0.4 is 0 Å². The minimum absolute atomic E-state index is 0.851. The third-order valence-electron chi connectivity index (χ3n) is 10.7. The lowest BCUT2D eigenvalue weighted by atomic mass is 9.98. The van der Waals surface area contributed by atoms with Gasteiger partial charge in [0.05, 0.1) is 27.6 Å². The van der Waals surface area contributed by atoms with Gasteiger partial charge in [-0.2, -0.15) is 0 Å². The summed E-state index contributed by atoms with van der Waals surface area (Å²) in [6, 6.07) is 69.6. The molecule has 0 atom stereocenters. The van der Waals surface area contributed by atoms with E-state index in [0.717, 1.165) is 50.1 Å². The summed E-state index contributed by atoms with van der Waals surface area (Å²) in [4.78, 5) is 0. The fraction of sp³-hybridized carbons (Fsp3) is 0. The molecule has 0 fully saturated rings. The maximum absolute atomic E-state index is 6.75. The van der Waals surface area contributed by atoms with Crippen molar-refractivity contribution >= 4 is 54.8 Å². The van der Waals surface area contributed by atoms with E-state index in [1.807, 2.05) is 6.07 Å². The van der Waals surface area contributed by atoms with Crippen LogP contribution >= 0.6 is 0 Å². The minimum Gasteiger partial charge on any atom is -0.439 e. The summed E-state index contributed by atoms with van der Waals surface area (Å²) in [5.41, 5.74) is 14.5. The Morgan fingerprint density at radius 1 is 0.302 bits per heavy atom. The molecular weight excluding hydrogens is 645 g/mol. The normalized spacial score (nSPS) is 11.8. The van der Waals surface area contributed by atoms with Crippen molar-refractivity contribution in [1.82, 2.24) is 9.13 Å². The third kappa shape index (κ3) is 4.68. The highest BCUT2D eigenvalue weighted by molar-refractivity contribution is 6.20. The quantitative estimate of drug-likeness (QED) is 0.178. The smallest absolute Gasteiger partial charge is 0.213 e. The van der Waals surface area contributed by atoms with Crippen LogP contribution in [0.15, 0.2) is 199 Å². The SMILES string of the molecule is c1ccc(-c2cc(-c3ccccc3)cc(-n3c4ccc(-c5ccc(-n6c7ccccc7c7ccccc76)cc5)cc4c4c5ccccc5oc43)c2)cc1. The zero-order valence-corrected chi connectivity index (χ0v) is 28.8. The molecule has 3 nitrogen and oxygen atoms in total. The summed E-state index contributed by atoms with van der Waals surface area (Å²) < 4.78 is 11.4. The first-order valence-corrected chi connectivity index (χ1v) is 18.1. The van der Waals surface area contributed by atoms with Crippen LogP contribution in [-0.4, -0.2) is 9.13 Å². The zero-order chi connectivity index (χ0) is 34.9. The number of rotatable bonds is 5. The number of aromatic nitrogens is 2. The maximum atomic E-state index is 6.75. The van der Waals surface area contributed by atoms with E-state index in [4.69, 9.17) is 4.42 Å². The predicted octanol–water partition coefficient (Wildman–Crippen LogP) is 13.6. The van der Waals surface area contributed by atoms with Crippen LogP contribution in [0.3, 0.4) is 0 Å². The number of fused-ring (bicyclic) bond motifs is 8. The number of para-hydroxylation sites is 3. The van der Waals surface area contributed by atoms with Gasteiger partial charge >= 0.3 is 0 Å². The van der Waals surface area contributed by atoms with E-state index in [9.17, 15) is 0 Å². The van der Waals surface area contributed by atoms with Crippen LogP contribution in [0.4, 0.5) is 0 Å². The van der Waals surface area contributed by atoms with Crippen molar-refractivity contribution in [2.45, 2.75) is 0 Å². The molecule has 53 heavy (non-hydrogen) atoms. The Morgan fingerprint density at radius 2 is 0.811 bits per heavy atom. The Morgan fingerprint density at radius 3 is 1.45 bits per heavy atom. The van der Waals surface area contributed by atoms with Gasteiger partial charge in [0.25, 0.3) is 0 Å². The third-order valence-corrected chi connectivity index (χ3v) is 10.7. The summed E-state index contributed by atoms with van der Waals surface area (Å²) in [5.74, 6) is 0. The van der Waals surface area contributed by atoms with Gasteiger partial charge in [0.2, 0.25) is 5.71 Å². The topological polar surface area (TPSA) is 23.0 Å². The van der Waals surface area contributed by atoms with E-state index in [1.54, 1.807) is 0 Å². The van der Waals surface area contributed by atoms with E-state index in [2.05, 4.69) is 197 Å². The molecule has 0 aliphatic carbocycles. The summed E-state index contributed by atoms with van der Waals surface area (Å²) in [6.45, 7) is 0. The van der Waals surface area contributed by atoms with Gasteiger partial charge in [-0.3, -0.25) is 4.57 Å². The molecule has 0 amide bonds. The average molecular weight is 677 g/mol. The molecule has 3 heteroatoms. The molecule has 0 unspecified atom stereocenters. The molecular formula is C50H32N2O. The van der Waals surface area contributed by atoms with E-state index in [0.29, 0.717) is 0 Å².